The molecule has 2 unspecified atom stereocenters. The lowest BCUT2D eigenvalue weighted by molar-refractivity contribution is 0.0681. The normalized spacial score (nSPS) is 13.2. The van der Waals surface area contributed by atoms with Crippen molar-refractivity contribution in [3.8, 4) is 5.75 Å². The Labute approximate surface area is 167 Å². The summed E-state index contributed by atoms with van der Waals surface area (Å²) in [6, 6.07) is 7.63. The van der Waals surface area contributed by atoms with Crippen LogP contribution in [0.4, 0.5) is 0 Å². The number of rotatable bonds is 14. The number of ether oxygens (including phenoxy) is 1. The molecule has 0 radical (unpaired) electrons. The van der Waals surface area contributed by atoms with Gasteiger partial charge in [-0.1, -0.05) is 78.4 Å². The Bertz CT molecular complexity index is 511. The van der Waals surface area contributed by atoms with E-state index in [0.29, 0.717) is 23.1 Å². The number of hydrogen-bond acceptors (Lipinski definition) is 2. The second-order valence-corrected chi connectivity index (χ2v) is 7.74. The summed E-state index contributed by atoms with van der Waals surface area (Å²) < 4.78 is 5.46. The van der Waals surface area contributed by atoms with Gasteiger partial charge in [0.05, 0.1) is 12.7 Å². The average Bonchev–Trinajstić information content (AvgIpc) is 2.72. The molecule has 3 nitrogen and oxygen atoms in total. The summed E-state index contributed by atoms with van der Waals surface area (Å²) in [7, 11) is 1.64. The minimum atomic E-state index is 0.123. The highest BCUT2D eigenvalue weighted by atomic mass is 16.5. The lowest BCUT2D eigenvalue weighted by Gasteiger charge is -2.31. The van der Waals surface area contributed by atoms with E-state index in [1.54, 1.807) is 7.11 Å². The molecule has 27 heavy (non-hydrogen) atoms. The summed E-state index contributed by atoms with van der Waals surface area (Å²) >= 11 is 0. The van der Waals surface area contributed by atoms with Crippen LogP contribution in [0.3, 0.4) is 0 Å². The van der Waals surface area contributed by atoms with E-state index >= 15 is 0 Å². The quantitative estimate of drug-likeness (QED) is 0.368. The third-order valence-electron chi connectivity index (χ3n) is 5.67. The van der Waals surface area contributed by atoms with Crippen molar-refractivity contribution in [3.63, 3.8) is 0 Å². The van der Waals surface area contributed by atoms with E-state index in [1.165, 1.54) is 38.5 Å². The standard InChI is InChI=1S/C24H41NO2/c1-6-10-14-20(8-3)18-25(19-21(9-4)15-11-7-2)24(26)22-16-12-13-17-23(22)27-5/h12-13,16-17,20-21H,6-11,14-15,18-19H2,1-5H3. The zero-order chi connectivity index (χ0) is 20.1. The number of hydrogen-bond donors (Lipinski definition) is 0. The number of nitrogens with zero attached hydrogens (tertiary/aromatic N) is 1. The molecule has 0 aliphatic heterocycles. The van der Waals surface area contributed by atoms with Crippen molar-refractivity contribution >= 4 is 5.91 Å². The molecule has 0 aliphatic carbocycles. The molecule has 1 aromatic carbocycles. The van der Waals surface area contributed by atoms with Crippen molar-refractivity contribution < 1.29 is 9.53 Å². The predicted octanol–water partition coefficient (Wildman–Crippen LogP) is 6.57. The van der Waals surface area contributed by atoms with Crippen molar-refractivity contribution in [1.82, 2.24) is 4.90 Å². The molecule has 0 spiro atoms. The summed E-state index contributed by atoms with van der Waals surface area (Å²) in [4.78, 5) is 15.5. The first-order valence-corrected chi connectivity index (χ1v) is 11.0. The van der Waals surface area contributed by atoms with Gasteiger partial charge in [0.1, 0.15) is 5.75 Å². The zero-order valence-electron chi connectivity index (χ0n) is 18.3. The predicted molar refractivity (Wildman–Crippen MR) is 116 cm³/mol. The van der Waals surface area contributed by atoms with Crippen LogP contribution in [0.2, 0.25) is 0 Å². The molecule has 154 valence electrons. The molecule has 0 heterocycles. The van der Waals surface area contributed by atoms with Crippen LogP contribution in [0, 0.1) is 11.8 Å². The molecule has 0 fully saturated rings. The maximum atomic E-state index is 13.4. The van der Waals surface area contributed by atoms with Crippen LogP contribution in [-0.2, 0) is 0 Å². The number of unbranched alkanes of at least 4 members (excludes halogenated alkanes) is 2. The Morgan fingerprint density at radius 3 is 1.89 bits per heavy atom. The highest BCUT2D eigenvalue weighted by Crippen LogP contribution is 2.24. The summed E-state index contributed by atoms with van der Waals surface area (Å²) in [5.41, 5.74) is 0.690. The third kappa shape index (κ3) is 7.94. The largest absolute Gasteiger partial charge is 0.496 e. The number of amides is 1. The van der Waals surface area contributed by atoms with Crippen molar-refractivity contribution in [2.45, 2.75) is 79.1 Å². The van der Waals surface area contributed by atoms with E-state index in [4.69, 9.17) is 4.74 Å². The maximum absolute atomic E-state index is 13.4. The molecule has 0 saturated heterocycles. The number of carbonyl (C=O) groups excluding carboxylic acids is 1. The molecule has 3 heteroatoms. The fraction of sp³-hybridized carbons (Fsp3) is 0.708. The minimum Gasteiger partial charge on any atom is -0.496 e. The van der Waals surface area contributed by atoms with Gasteiger partial charge >= 0.3 is 0 Å². The van der Waals surface area contributed by atoms with Gasteiger partial charge < -0.3 is 9.64 Å². The fourth-order valence-electron chi connectivity index (χ4n) is 3.69. The molecule has 0 aromatic heterocycles. The molecular weight excluding hydrogens is 334 g/mol. The average molecular weight is 376 g/mol. The Kier molecular flexibility index (Phi) is 11.9. The third-order valence-corrected chi connectivity index (χ3v) is 5.67. The maximum Gasteiger partial charge on any atom is 0.257 e. The first-order valence-electron chi connectivity index (χ1n) is 11.0. The molecule has 1 rings (SSSR count). The van der Waals surface area contributed by atoms with Crippen LogP contribution in [0.5, 0.6) is 5.75 Å². The molecular formula is C24H41NO2. The molecule has 0 saturated carbocycles. The SMILES string of the molecule is CCCCC(CC)CN(CC(CC)CCCC)C(=O)c1ccccc1OC. The van der Waals surface area contributed by atoms with E-state index in [9.17, 15) is 4.79 Å². The Morgan fingerprint density at radius 1 is 0.926 bits per heavy atom. The first-order chi connectivity index (χ1) is 13.1. The number of methoxy groups -OCH3 is 1. The number of para-hydroxylation sites is 1. The highest BCUT2D eigenvalue weighted by Gasteiger charge is 2.24. The van der Waals surface area contributed by atoms with E-state index in [2.05, 4.69) is 32.6 Å². The van der Waals surface area contributed by atoms with Gasteiger partial charge in [-0.2, -0.15) is 0 Å². The van der Waals surface area contributed by atoms with E-state index in [0.717, 1.165) is 25.9 Å². The fourth-order valence-corrected chi connectivity index (χ4v) is 3.69. The van der Waals surface area contributed by atoms with Crippen molar-refractivity contribution in [3.05, 3.63) is 29.8 Å². The van der Waals surface area contributed by atoms with Gasteiger partial charge in [-0.15, -0.1) is 0 Å². The van der Waals surface area contributed by atoms with Gasteiger partial charge in [0.15, 0.2) is 0 Å². The molecule has 0 bridgehead atoms. The molecule has 0 N–H and O–H groups in total. The molecule has 1 aromatic rings. The Morgan fingerprint density at radius 2 is 1.44 bits per heavy atom. The van der Waals surface area contributed by atoms with Crippen LogP contribution in [0.1, 0.15) is 89.4 Å². The van der Waals surface area contributed by atoms with Crippen LogP contribution >= 0.6 is 0 Å². The Hall–Kier alpha value is -1.51. The van der Waals surface area contributed by atoms with Gasteiger partial charge in [-0.25, -0.2) is 0 Å². The van der Waals surface area contributed by atoms with Crippen LogP contribution in [0.25, 0.3) is 0 Å². The zero-order valence-corrected chi connectivity index (χ0v) is 18.3. The van der Waals surface area contributed by atoms with E-state index in [1.807, 2.05) is 24.3 Å². The van der Waals surface area contributed by atoms with Gasteiger partial charge in [-0.05, 0) is 36.8 Å². The lowest BCUT2D eigenvalue weighted by Crippen LogP contribution is -2.39. The van der Waals surface area contributed by atoms with Crippen LogP contribution < -0.4 is 4.74 Å². The molecule has 0 aliphatic rings. The van der Waals surface area contributed by atoms with E-state index in [-0.39, 0.29) is 5.91 Å². The van der Waals surface area contributed by atoms with Gasteiger partial charge in [0.2, 0.25) is 0 Å². The van der Waals surface area contributed by atoms with Gasteiger partial charge in [0.25, 0.3) is 5.91 Å². The van der Waals surface area contributed by atoms with Gasteiger partial charge in [-0.3, -0.25) is 4.79 Å². The summed E-state index contributed by atoms with van der Waals surface area (Å²) in [6.45, 7) is 10.7. The summed E-state index contributed by atoms with van der Waals surface area (Å²) in [6.07, 6.45) is 9.56. The minimum absolute atomic E-state index is 0.123. The Balaban J connectivity index is 3.01. The molecule has 2 atom stereocenters. The number of carbonyl (C=O) groups is 1. The van der Waals surface area contributed by atoms with Crippen LogP contribution in [-0.4, -0.2) is 31.0 Å². The smallest absolute Gasteiger partial charge is 0.257 e. The first kappa shape index (κ1) is 23.5. The highest BCUT2D eigenvalue weighted by molar-refractivity contribution is 5.97. The van der Waals surface area contributed by atoms with Crippen molar-refractivity contribution in [2.75, 3.05) is 20.2 Å². The number of benzene rings is 1. The van der Waals surface area contributed by atoms with E-state index < -0.39 is 0 Å². The van der Waals surface area contributed by atoms with Crippen molar-refractivity contribution in [2.24, 2.45) is 11.8 Å². The molecule has 1 amide bonds. The van der Waals surface area contributed by atoms with Gasteiger partial charge in [0, 0.05) is 13.1 Å². The lowest BCUT2D eigenvalue weighted by atomic mass is 9.95. The second kappa shape index (κ2) is 13.6. The van der Waals surface area contributed by atoms with Crippen LogP contribution in [0.15, 0.2) is 24.3 Å². The monoisotopic (exact) mass is 375 g/mol. The van der Waals surface area contributed by atoms with Crippen molar-refractivity contribution in [1.29, 1.82) is 0 Å². The summed E-state index contributed by atoms with van der Waals surface area (Å²) in [5.74, 6) is 1.95. The topological polar surface area (TPSA) is 29.5 Å². The second-order valence-electron chi connectivity index (χ2n) is 7.74. The summed E-state index contributed by atoms with van der Waals surface area (Å²) in [5, 5.41) is 0.